The molecule has 19 heavy (non-hydrogen) atoms. The molecule has 2 amide bonds. The van der Waals surface area contributed by atoms with Crippen LogP contribution in [0.4, 0.5) is 4.79 Å². The van der Waals surface area contributed by atoms with Crippen molar-refractivity contribution in [3.63, 3.8) is 0 Å². The molecule has 1 rings (SSSR count). The van der Waals surface area contributed by atoms with Crippen molar-refractivity contribution in [3.05, 3.63) is 34.9 Å². The van der Waals surface area contributed by atoms with Crippen LogP contribution in [0, 0.1) is 13.8 Å². The van der Waals surface area contributed by atoms with Crippen molar-refractivity contribution in [1.29, 1.82) is 0 Å². The molecule has 0 bridgehead atoms. The molecule has 1 aromatic rings. The van der Waals surface area contributed by atoms with E-state index in [-0.39, 0.29) is 18.2 Å². The van der Waals surface area contributed by atoms with Crippen molar-refractivity contribution in [1.82, 2.24) is 10.6 Å². The third-order valence-electron chi connectivity index (χ3n) is 3.28. The van der Waals surface area contributed by atoms with Crippen LogP contribution in [0.3, 0.4) is 0 Å². The lowest BCUT2D eigenvalue weighted by Gasteiger charge is -2.20. The molecule has 106 valence electrons. The van der Waals surface area contributed by atoms with Crippen molar-refractivity contribution in [3.8, 4) is 0 Å². The minimum atomic E-state index is -0.168. The zero-order valence-electron chi connectivity index (χ0n) is 12.4. The van der Waals surface area contributed by atoms with Crippen LogP contribution in [0.1, 0.15) is 36.6 Å². The number of urea groups is 1. The Kier molecular flexibility index (Phi) is 5.83. The fourth-order valence-electron chi connectivity index (χ4n) is 2.15. The summed E-state index contributed by atoms with van der Waals surface area (Å²) in [4.78, 5) is 11.8. The van der Waals surface area contributed by atoms with E-state index in [0.29, 0.717) is 6.54 Å². The van der Waals surface area contributed by atoms with E-state index in [1.54, 1.807) is 7.11 Å². The van der Waals surface area contributed by atoms with Gasteiger partial charge in [-0.3, -0.25) is 0 Å². The Morgan fingerprint density at radius 3 is 2.37 bits per heavy atom. The topological polar surface area (TPSA) is 50.4 Å². The smallest absolute Gasteiger partial charge is 0.315 e. The van der Waals surface area contributed by atoms with Gasteiger partial charge >= 0.3 is 6.03 Å². The molecule has 0 saturated heterocycles. The number of hydrogen-bond acceptors (Lipinski definition) is 2. The first-order chi connectivity index (χ1) is 8.95. The van der Waals surface area contributed by atoms with E-state index in [2.05, 4.69) is 36.6 Å². The molecule has 0 aliphatic rings. The predicted molar refractivity (Wildman–Crippen MR) is 77.3 cm³/mol. The summed E-state index contributed by atoms with van der Waals surface area (Å²) in [7, 11) is 1.63. The average molecular weight is 264 g/mol. The highest BCUT2D eigenvalue weighted by molar-refractivity contribution is 5.74. The summed E-state index contributed by atoms with van der Waals surface area (Å²) < 4.78 is 5.09. The lowest BCUT2D eigenvalue weighted by atomic mass is 9.97. The number of carbonyl (C=O) groups excluding carboxylic acids is 1. The number of hydrogen-bond donors (Lipinski definition) is 2. The van der Waals surface area contributed by atoms with E-state index in [4.69, 9.17) is 4.74 Å². The Hall–Kier alpha value is -1.55. The van der Waals surface area contributed by atoms with Crippen LogP contribution in [0.2, 0.25) is 0 Å². The van der Waals surface area contributed by atoms with Crippen LogP contribution in [-0.4, -0.2) is 25.8 Å². The van der Waals surface area contributed by atoms with Gasteiger partial charge < -0.3 is 15.4 Å². The summed E-state index contributed by atoms with van der Waals surface area (Å²) in [6.45, 7) is 8.53. The number of carbonyl (C=O) groups is 1. The van der Waals surface area contributed by atoms with Crippen molar-refractivity contribution in [2.24, 2.45) is 0 Å². The van der Waals surface area contributed by atoms with E-state index in [1.165, 1.54) is 16.7 Å². The lowest BCUT2D eigenvalue weighted by Crippen LogP contribution is -2.40. The molecule has 2 atom stereocenters. The van der Waals surface area contributed by atoms with E-state index < -0.39 is 0 Å². The Morgan fingerprint density at radius 1 is 1.26 bits per heavy atom. The normalized spacial score (nSPS) is 13.7. The van der Waals surface area contributed by atoms with Gasteiger partial charge in [0.2, 0.25) is 0 Å². The third-order valence-corrected chi connectivity index (χ3v) is 3.28. The van der Waals surface area contributed by atoms with Gasteiger partial charge in [0.05, 0.1) is 12.1 Å². The monoisotopic (exact) mass is 264 g/mol. The molecular weight excluding hydrogens is 240 g/mol. The van der Waals surface area contributed by atoms with Crippen LogP contribution in [0.25, 0.3) is 0 Å². The van der Waals surface area contributed by atoms with Gasteiger partial charge in [0, 0.05) is 13.7 Å². The second-order valence-electron chi connectivity index (χ2n) is 4.93. The zero-order chi connectivity index (χ0) is 14.4. The summed E-state index contributed by atoms with van der Waals surface area (Å²) in [5.74, 6) is 0. The van der Waals surface area contributed by atoms with E-state index in [9.17, 15) is 4.79 Å². The molecule has 4 nitrogen and oxygen atoms in total. The highest BCUT2D eigenvalue weighted by Crippen LogP contribution is 2.21. The van der Waals surface area contributed by atoms with Crippen LogP contribution in [0.15, 0.2) is 18.2 Å². The molecule has 1 aromatic carbocycles. The molecule has 0 spiro atoms. The van der Waals surface area contributed by atoms with Crippen molar-refractivity contribution in [2.75, 3.05) is 13.7 Å². The fourth-order valence-corrected chi connectivity index (χ4v) is 2.15. The Morgan fingerprint density at radius 2 is 1.84 bits per heavy atom. The van der Waals surface area contributed by atoms with Gasteiger partial charge in [0.25, 0.3) is 0 Å². The third kappa shape index (κ3) is 4.56. The molecule has 0 heterocycles. The van der Waals surface area contributed by atoms with E-state index >= 15 is 0 Å². The zero-order valence-corrected chi connectivity index (χ0v) is 12.4. The lowest BCUT2D eigenvalue weighted by molar-refractivity contribution is 0.118. The standard InChI is InChI=1S/C15H24N2O2/c1-10-7-6-8-11(2)14(10)13(4)17-15(18)16-9-12(3)19-5/h6-8,12-13H,9H2,1-5H3,(H2,16,17,18)/t12-,13-/m1/s1. The van der Waals surface area contributed by atoms with Crippen molar-refractivity contribution >= 4 is 6.03 Å². The van der Waals surface area contributed by atoms with Crippen LogP contribution >= 0.6 is 0 Å². The molecule has 0 aliphatic heterocycles. The van der Waals surface area contributed by atoms with Gasteiger partial charge in [0.1, 0.15) is 0 Å². The van der Waals surface area contributed by atoms with Crippen LogP contribution in [0.5, 0.6) is 0 Å². The van der Waals surface area contributed by atoms with Gasteiger partial charge in [-0.15, -0.1) is 0 Å². The summed E-state index contributed by atoms with van der Waals surface area (Å²) in [6.07, 6.45) is 0.0150. The van der Waals surface area contributed by atoms with E-state index in [1.807, 2.05) is 19.9 Å². The Labute approximate surface area is 115 Å². The van der Waals surface area contributed by atoms with Gasteiger partial charge in [-0.05, 0) is 44.4 Å². The minimum absolute atomic E-state index is 0.0148. The van der Waals surface area contributed by atoms with Gasteiger partial charge in [-0.2, -0.15) is 0 Å². The predicted octanol–water partition coefficient (Wildman–Crippen LogP) is 2.70. The SMILES string of the molecule is CO[C@H](C)CNC(=O)N[C@H](C)c1c(C)cccc1C. The summed E-state index contributed by atoms with van der Waals surface area (Å²) >= 11 is 0. The first-order valence-electron chi connectivity index (χ1n) is 6.59. The number of methoxy groups -OCH3 is 1. The van der Waals surface area contributed by atoms with Crippen molar-refractivity contribution < 1.29 is 9.53 Å². The molecule has 0 radical (unpaired) electrons. The number of aryl methyl sites for hydroxylation is 2. The maximum Gasteiger partial charge on any atom is 0.315 e. The summed E-state index contributed by atoms with van der Waals surface area (Å²) in [6, 6.07) is 5.97. The van der Waals surface area contributed by atoms with Crippen molar-refractivity contribution in [2.45, 2.75) is 39.8 Å². The Balaban J connectivity index is 2.59. The van der Waals surface area contributed by atoms with Gasteiger partial charge in [-0.25, -0.2) is 4.79 Å². The molecule has 0 aromatic heterocycles. The summed E-state index contributed by atoms with van der Waals surface area (Å²) in [5, 5.41) is 5.75. The highest BCUT2D eigenvalue weighted by Gasteiger charge is 2.13. The largest absolute Gasteiger partial charge is 0.380 e. The second kappa shape index (κ2) is 7.14. The molecule has 4 heteroatoms. The summed E-state index contributed by atoms with van der Waals surface area (Å²) in [5.41, 5.74) is 3.56. The highest BCUT2D eigenvalue weighted by atomic mass is 16.5. The van der Waals surface area contributed by atoms with Gasteiger partial charge in [0.15, 0.2) is 0 Å². The molecule has 0 saturated carbocycles. The molecular formula is C15H24N2O2. The number of benzene rings is 1. The maximum absolute atomic E-state index is 11.8. The molecule has 2 N–H and O–H groups in total. The molecule has 0 unspecified atom stereocenters. The fraction of sp³-hybridized carbons (Fsp3) is 0.533. The second-order valence-corrected chi connectivity index (χ2v) is 4.93. The molecule has 0 aliphatic carbocycles. The maximum atomic E-state index is 11.8. The Bertz CT molecular complexity index is 412. The van der Waals surface area contributed by atoms with Gasteiger partial charge in [-0.1, -0.05) is 18.2 Å². The average Bonchev–Trinajstić information content (AvgIpc) is 2.35. The first kappa shape index (κ1) is 15.5. The number of ether oxygens (including phenoxy) is 1. The minimum Gasteiger partial charge on any atom is -0.380 e. The first-order valence-corrected chi connectivity index (χ1v) is 6.59. The van der Waals surface area contributed by atoms with Crippen LogP contribution in [-0.2, 0) is 4.74 Å². The quantitative estimate of drug-likeness (QED) is 0.859. The van der Waals surface area contributed by atoms with E-state index in [0.717, 1.165) is 0 Å². The number of nitrogens with one attached hydrogen (secondary N) is 2. The number of amides is 2. The number of rotatable bonds is 5. The molecule has 0 fully saturated rings. The van der Waals surface area contributed by atoms with Crippen LogP contribution < -0.4 is 10.6 Å².